The number of ether oxygens (including phenoxy) is 1. The van der Waals surface area contributed by atoms with E-state index in [4.69, 9.17) is 4.74 Å². The van der Waals surface area contributed by atoms with Crippen molar-refractivity contribution in [3.05, 3.63) is 83.9 Å². The quantitative estimate of drug-likeness (QED) is 0.153. The lowest BCUT2D eigenvalue weighted by Crippen LogP contribution is -2.23. The smallest absolute Gasteiger partial charge is 0.195 e. The summed E-state index contributed by atoms with van der Waals surface area (Å²) < 4.78 is 7.16. The van der Waals surface area contributed by atoms with Crippen molar-refractivity contribution in [1.29, 1.82) is 0 Å². The van der Waals surface area contributed by atoms with E-state index in [0.717, 1.165) is 69.3 Å². The van der Waals surface area contributed by atoms with Gasteiger partial charge in [-0.05, 0) is 112 Å². The predicted molar refractivity (Wildman–Crippen MR) is 165 cm³/mol. The van der Waals surface area contributed by atoms with E-state index in [2.05, 4.69) is 46.6 Å². The van der Waals surface area contributed by atoms with Crippen LogP contribution in [0, 0.1) is 0 Å². The number of carbonyl (C=O) groups is 1. The van der Waals surface area contributed by atoms with E-state index in [1.54, 1.807) is 11.3 Å². The van der Waals surface area contributed by atoms with Gasteiger partial charge in [-0.3, -0.25) is 4.79 Å². The minimum atomic E-state index is 0.0838. The Labute approximate surface area is 239 Å². The van der Waals surface area contributed by atoms with Crippen LogP contribution in [0.2, 0.25) is 0 Å². The van der Waals surface area contributed by atoms with Crippen LogP contribution in [0.5, 0.6) is 5.75 Å². The molecule has 39 heavy (non-hydrogen) atoms. The molecule has 2 fully saturated rings. The van der Waals surface area contributed by atoms with Crippen molar-refractivity contribution in [3.8, 4) is 16.2 Å². The molecule has 3 heterocycles. The Morgan fingerprint density at radius 2 is 1.77 bits per heavy atom. The molecule has 6 heteroatoms. The molecule has 1 aromatic heterocycles. The van der Waals surface area contributed by atoms with Crippen LogP contribution in [0.25, 0.3) is 20.5 Å². The highest BCUT2D eigenvalue weighted by molar-refractivity contribution is 7.99. The fourth-order valence-electron chi connectivity index (χ4n) is 5.64. The van der Waals surface area contributed by atoms with Crippen molar-refractivity contribution < 1.29 is 9.53 Å². The molecular formula is C33H36N2O2S2. The Bertz CT molecular complexity index is 1390. The van der Waals surface area contributed by atoms with Gasteiger partial charge < -0.3 is 15.0 Å². The molecule has 4 nitrogen and oxygen atoms in total. The van der Waals surface area contributed by atoms with Gasteiger partial charge in [0.25, 0.3) is 0 Å². The molecule has 0 radical (unpaired) electrons. The van der Waals surface area contributed by atoms with Gasteiger partial charge in [-0.1, -0.05) is 18.2 Å². The second-order valence-corrected chi connectivity index (χ2v) is 12.7. The number of hydrogen-bond acceptors (Lipinski definition) is 6. The zero-order valence-electron chi connectivity index (χ0n) is 22.4. The Morgan fingerprint density at radius 1 is 0.974 bits per heavy atom. The zero-order chi connectivity index (χ0) is 26.4. The molecule has 1 N–H and O–H groups in total. The van der Waals surface area contributed by atoms with E-state index in [9.17, 15) is 4.79 Å². The third-order valence-electron chi connectivity index (χ3n) is 7.83. The first-order valence-electron chi connectivity index (χ1n) is 14.2. The number of hydrogen-bond donors (Lipinski definition) is 1. The van der Waals surface area contributed by atoms with Crippen molar-refractivity contribution in [2.45, 2.75) is 43.0 Å². The van der Waals surface area contributed by atoms with Crippen LogP contribution >= 0.6 is 23.1 Å². The van der Waals surface area contributed by atoms with Gasteiger partial charge in [-0.25, -0.2) is 0 Å². The Morgan fingerprint density at radius 3 is 2.54 bits per heavy atom. The summed E-state index contributed by atoms with van der Waals surface area (Å²) in [5, 5.41) is 4.55. The number of benzene rings is 3. The average molecular weight is 557 g/mol. The molecule has 6 rings (SSSR count). The summed E-state index contributed by atoms with van der Waals surface area (Å²) in [6.07, 6.45) is 6.20. The normalized spacial score (nSPS) is 17.7. The number of thiophene rings is 1. The first-order valence-corrected chi connectivity index (χ1v) is 16.0. The minimum absolute atomic E-state index is 0.0838. The van der Waals surface area contributed by atoms with Gasteiger partial charge in [0.15, 0.2) is 5.78 Å². The first-order chi connectivity index (χ1) is 19.2. The van der Waals surface area contributed by atoms with Crippen molar-refractivity contribution in [2.75, 3.05) is 38.5 Å². The number of nitrogens with zero attached hydrogens (tertiary/aromatic N) is 1. The van der Waals surface area contributed by atoms with Gasteiger partial charge >= 0.3 is 0 Å². The number of rotatable bonds is 11. The van der Waals surface area contributed by atoms with E-state index in [1.807, 2.05) is 48.2 Å². The third-order valence-corrected chi connectivity index (χ3v) is 10.0. The lowest BCUT2D eigenvalue weighted by atomic mass is 9.97. The van der Waals surface area contributed by atoms with E-state index in [1.165, 1.54) is 43.7 Å². The zero-order valence-corrected chi connectivity index (χ0v) is 24.0. The average Bonchev–Trinajstić information content (AvgIpc) is 3.75. The fourth-order valence-corrected chi connectivity index (χ4v) is 7.76. The molecule has 0 spiro atoms. The largest absolute Gasteiger partial charge is 0.494 e. The maximum Gasteiger partial charge on any atom is 0.195 e. The maximum absolute atomic E-state index is 13.9. The summed E-state index contributed by atoms with van der Waals surface area (Å²) >= 11 is 3.56. The molecule has 202 valence electrons. The van der Waals surface area contributed by atoms with Crippen LogP contribution in [-0.2, 0) is 0 Å². The number of nitrogens with one attached hydrogen (secondary N) is 1. The molecule has 2 aliphatic rings. The third kappa shape index (κ3) is 6.41. The highest BCUT2D eigenvalue weighted by Gasteiger charge is 2.22. The molecule has 1 atom stereocenters. The molecule has 0 bridgehead atoms. The van der Waals surface area contributed by atoms with Crippen molar-refractivity contribution in [2.24, 2.45) is 0 Å². The van der Waals surface area contributed by atoms with Gasteiger partial charge in [0.2, 0.25) is 0 Å². The SMILES string of the molecule is O=C(c1ccc(SCCN2CCCC2)cc1)c1c(-c2ccc(OCCC3CCCN3)cc2)sc2ccccc12. The van der Waals surface area contributed by atoms with E-state index < -0.39 is 0 Å². The fraction of sp³-hybridized carbons (Fsp3) is 0.364. The predicted octanol–water partition coefficient (Wildman–Crippen LogP) is 7.51. The van der Waals surface area contributed by atoms with Crippen molar-refractivity contribution in [1.82, 2.24) is 10.2 Å². The summed E-state index contributed by atoms with van der Waals surface area (Å²) in [6.45, 7) is 5.45. The van der Waals surface area contributed by atoms with Crippen LogP contribution in [0.4, 0.5) is 0 Å². The van der Waals surface area contributed by atoms with Crippen LogP contribution in [-0.4, -0.2) is 55.3 Å². The number of likely N-dealkylation sites (tertiary alicyclic amines) is 1. The monoisotopic (exact) mass is 556 g/mol. The molecule has 1 unspecified atom stereocenters. The lowest BCUT2D eigenvalue weighted by Gasteiger charge is -2.13. The molecule has 3 aromatic carbocycles. The Kier molecular flexibility index (Phi) is 8.65. The van der Waals surface area contributed by atoms with E-state index in [-0.39, 0.29) is 5.78 Å². The van der Waals surface area contributed by atoms with Crippen LogP contribution in [0.3, 0.4) is 0 Å². The van der Waals surface area contributed by atoms with Gasteiger partial charge in [0.1, 0.15) is 5.75 Å². The number of ketones is 1. The van der Waals surface area contributed by atoms with E-state index >= 15 is 0 Å². The first kappa shape index (κ1) is 26.6. The molecule has 0 aliphatic carbocycles. The second-order valence-electron chi connectivity index (χ2n) is 10.5. The molecule has 0 saturated carbocycles. The molecule has 0 amide bonds. The highest BCUT2D eigenvalue weighted by Crippen LogP contribution is 2.40. The number of thioether (sulfide) groups is 1. The lowest BCUT2D eigenvalue weighted by molar-refractivity contribution is 0.104. The summed E-state index contributed by atoms with van der Waals surface area (Å²) in [5.74, 6) is 2.05. The van der Waals surface area contributed by atoms with E-state index in [0.29, 0.717) is 6.04 Å². The Hall–Kier alpha value is -2.64. The van der Waals surface area contributed by atoms with Gasteiger partial charge in [-0.2, -0.15) is 0 Å². The van der Waals surface area contributed by atoms with Crippen molar-refractivity contribution in [3.63, 3.8) is 0 Å². The van der Waals surface area contributed by atoms with Crippen molar-refractivity contribution >= 4 is 39.0 Å². The van der Waals surface area contributed by atoms with Crippen LogP contribution < -0.4 is 10.1 Å². The molecule has 2 aliphatic heterocycles. The molecule has 4 aromatic rings. The summed E-state index contributed by atoms with van der Waals surface area (Å²) in [6, 6.07) is 25.2. The number of carbonyl (C=O) groups excluding carboxylic acids is 1. The summed E-state index contributed by atoms with van der Waals surface area (Å²) in [4.78, 5) is 18.7. The summed E-state index contributed by atoms with van der Waals surface area (Å²) in [7, 11) is 0. The van der Waals surface area contributed by atoms with Gasteiger partial charge in [-0.15, -0.1) is 23.1 Å². The molecule has 2 saturated heterocycles. The molecular weight excluding hydrogens is 521 g/mol. The van der Waals surface area contributed by atoms with Crippen LogP contribution in [0.1, 0.15) is 48.0 Å². The maximum atomic E-state index is 13.9. The Balaban J connectivity index is 1.17. The van der Waals surface area contributed by atoms with Gasteiger partial charge in [0.05, 0.1) is 6.61 Å². The highest BCUT2D eigenvalue weighted by atomic mass is 32.2. The van der Waals surface area contributed by atoms with Crippen LogP contribution in [0.15, 0.2) is 77.7 Å². The van der Waals surface area contributed by atoms with Gasteiger partial charge in [0, 0.05) is 49.3 Å². The standard InChI is InChI=1S/C33H36N2O2S2/c36-32(24-11-15-28(16-12-24)38-23-21-35-19-3-4-20-35)31-29-7-1-2-8-30(29)39-33(31)25-9-13-27(14-10-25)37-22-17-26-6-5-18-34-26/h1-2,7-16,26,34H,3-6,17-23H2. The topological polar surface area (TPSA) is 41.6 Å². The summed E-state index contributed by atoms with van der Waals surface area (Å²) in [5.41, 5.74) is 2.59. The second kappa shape index (κ2) is 12.7. The minimum Gasteiger partial charge on any atom is -0.494 e. The number of fused-ring (bicyclic) bond motifs is 1.